The molecule has 4 heteroatoms. The lowest BCUT2D eigenvalue weighted by Crippen LogP contribution is -2.45. The van der Waals surface area contributed by atoms with Gasteiger partial charge in [-0.15, -0.1) is 11.6 Å². The normalized spacial score (nSPS) is 11.1. The molecular weight excluding hydrogens is 238 g/mol. The fraction of sp³-hybridized carbons (Fsp3) is 0.462. The molecule has 0 aliphatic carbocycles. The van der Waals surface area contributed by atoms with E-state index in [4.69, 9.17) is 16.3 Å². The Hall–Kier alpha value is -1.22. The van der Waals surface area contributed by atoms with E-state index in [9.17, 15) is 4.79 Å². The highest BCUT2D eigenvalue weighted by Gasteiger charge is 2.18. The molecule has 0 bridgehead atoms. The lowest BCUT2D eigenvalue weighted by atomic mass is 10.1. The molecule has 94 valence electrons. The van der Waals surface area contributed by atoms with Gasteiger partial charge < -0.3 is 10.1 Å². The minimum atomic E-state index is -0.370. The maximum atomic E-state index is 11.7. The SMILES string of the molecule is COc1ccc(CC(=O)NC(C)(C)CCl)cc1. The van der Waals surface area contributed by atoms with Crippen LogP contribution in [0.4, 0.5) is 0 Å². The Morgan fingerprint density at radius 2 is 1.94 bits per heavy atom. The quantitative estimate of drug-likeness (QED) is 0.821. The highest BCUT2D eigenvalue weighted by Crippen LogP contribution is 2.12. The van der Waals surface area contributed by atoms with Crippen LogP contribution >= 0.6 is 11.6 Å². The van der Waals surface area contributed by atoms with Gasteiger partial charge in [-0.05, 0) is 31.5 Å². The molecule has 0 fully saturated rings. The molecule has 1 amide bonds. The molecule has 1 rings (SSSR count). The molecule has 0 unspecified atom stereocenters. The Kier molecular flexibility index (Phi) is 4.82. The van der Waals surface area contributed by atoms with Crippen molar-refractivity contribution in [2.24, 2.45) is 0 Å². The van der Waals surface area contributed by atoms with E-state index >= 15 is 0 Å². The number of amides is 1. The van der Waals surface area contributed by atoms with E-state index in [1.165, 1.54) is 0 Å². The van der Waals surface area contributed by atoms with E-state index in [1.807, 2.05) is 38.1 Å². The van der Waals surface area contributed by atoms with Crippen molar-refractivity contribution in [1.82, 2.24) is 5.32 Å². The molecule has 1 aromatic carbocycles. The van der Waals surface area contributed by atoms with Crippen LogP contribution in [0.3, 0.4) is 0 Å². The Morgan fingerprint density at radius 1 is 1.35 bits per heavy atom. The van der Waals surface area contributed by atoms with Crippen molar-refractivity contribution in [2.75, 3.05) is 13.0 Å². The number of alkyl halides is 1. The Labute approximate surface area is 107 Å². The molecule has 0 spiro atoms. The van der Waals surface area contributed by atoms with Gasteiger partial charge in [0.05, 0.1) is 13.5 Å². The number of benzene rings is 1. The summed E-state index contributed by atoms with van der Waals surface area (Å²) in [5.41, 5.74) is 0.583. The van der Waals surface area contributed by atoms with Gasteiger partial charge in [0.25, 0.3) is 0 Å². The van der Waals surface area contributed by atoms with Gasteiger partial charge in [-0.25, -0.2) is 0 Å². The zero-order chi connectivity index (χ0) is 12.9. The summed E-state index contributed by atoms with van der Waals surface area (Å²) in [7, 11) is 1.62. The van der Waals surface area contributed by atoms with E-state index in [0.717, 1.165) is 11.3 Å². The number of hydrogen-bond acceptors (Lipinski definition) is 2. The second-order valence-corrected chi connectivity index (χ2v) is 4.86. The van der Waals surface area contributed by atoms with Crippen molar-refractivity contribution in [1.29, 1.82) is 0 Å². The summed E-state index contributed by atoms with van der Waals surface area (Å²) < 4.78 is 5.05. The van der Waals surface area contributed by atoms with Gasteiger partial charge in [0.15, 0.2) is 0 Å². The van der Waals surface area contributed by atoms with Gasteiger partial charge in [-0.1, -0.05) is 12.1 Å². The second-order valence-electron chi connectivity index (χ2n) is 4.59. The number of methoxy groups -OCH3 is 1. The first-order chi connectivity index (χ1) is 7.96. The van der Waals surface area contributed by atoms with Crippen molar-refractivity contribution in [3.8, 4) is 5.75 Å². The zero-order valence-electron chi connectivity index (χ0n) is 10.4. The number of hydrogen-bond donors (Lipinski definition) is 1. The summed E-state index contributed by atoms with van der Waals surface area (Å²) in [4.78, 5) is 11.7. The van der Waals surface area contributed by atoms with Crippen molar-refractivity contribution < 1.29 is 9.53 Å². The lowest BCUT2D eigenvalue weighted by Gasteiger charge is -2.23. The molecule has 0 aliphatic heterocycles. The van der Waals surface area contributed by atoms with Crippen LogP contribution in [-0.4, -0.2) is 24.4 Å². The van der Waals surface area contributed by atoms with Crippen LogP contribution in [0.25, 0.3) is 0 Å². The Balaban J connectivity index is 2.56. The predicted octanol–water partition coefficient (Wildman–Crippen LogP) is 2.37. The van der Waals surface area contributed by atoms with Crippen molar-refractivity contribution in [2.45, 2.75) is 25.8 Å². The summed E-state index contributed by atoms with van der Waals surface area (Å²) in [6, 6.07) is 7.45. The van der Waals surface area contributed by atoms with Crippen LogP contribution in [-0.2, 0) is 11.2 Å². The monoisotopic (exact) mass is 255 g/mol. The number of halogens is 1. The van der Waals surface area contributed by atoms with Crippen LogP contribution in [0.5, 0.6) is 5.75 Å². The number of carbonyl (C=O) groups excluding carboxylic acids is 1. The molecule has 1 N–H and O–H groups in total. The van der Waals surface area contributed by atoms with Crippen LogP contribution in [0, 0.1) is 0 Å². The molecule has 17 heavy (non-hydrogen) atoms. The van der Waals surface area contributed by atoms with Gasteiger partial charge in [0.2, 0.25) is 5.91 Å². The molecule has 0 aromatic heterocycles. The van der Waals surface area contributed by atoms with E-state index in [-0.39, 0.29) is 11.4 Å². The molecule has 0 saturated heterocycles. The third-order valence-electron chi connectivity index (χ3n) is 2.34. The van der Waals surface area contributed by atoms with E-state index in [1.54, 1.807) is 7.11 Å². The molecular formula is C13H18ClNO2. The first-order valence-corrected chi connectivity index (χ1v) is 6.00. The predicted molar refractivity (Wildman–Crippen MR) is 69.6 cm³/mol. The number of rotatable bonds is 5. The summed E-state index contributed by atoms with van der Waals surface area (Å²) in [6.45, 7) is 3.79. The highest BCUT2D eigenvalue weighted by molar-refractivity contribution is 6.18. The minimum Gasteiger partial charge on any atom is -0.497 e. The molecule has 1 aromatic rings. The van der Waals surface area contributed by atoms with Gasteiger partial charge in [0.1, 0.15) is 5.75 Å². The lowest BCUT2D eigenvalue weighted by molar-refractivity contribution is -0.121. The van der Waals surface area contributed by atoms with Gasteiger partial charge in [-0.2, -0.15) is 0 Å². The molecule has 3 nitrogen and oxygen atoms in total. The Morgan fingerprint density at radius 3 is 2.41 bits per heavy atom. The van der Waals surface area contributed by atoms with Gasteiger partial charge >= 0.3 is 0 Å². The molecule has 0 radical (unpaired) electrons. The van der Waals surface area contributed by atoms with E-state index in [2.05, 4.69) is 5.32 Å². The fourth-order valence-corrected chi connectivity index (χ4v) is 1.45. The zero-order valence-corrected chi connectivity index (χ0v) is 11.2. The summed E-state index contributed by atoms with van der Waals surface area (Å²) in [5, 5.41) is 2.88. The average molecular weight is 256 g/mol. The van der Waals surface area contributed by atoms with Crippen LogP contribution in [0.15, 0.2) is 24.3 Å². The maximum Gasteiger partial charge on any atom is 0.224 e. The number of carbonyl (C=O) groups is 1. The fourth-order valence-electron chi connectivity index (χ4n) is 1.38. The standard InChI is InChI=1S/C13H18ClNO2/c1-13(2,9-14)15-12(16)8-10-4-6-11(17-3)7-5-10/h4-7H,8-9H2,1-3H3,(H,15,16). The third-order valence-corrected chi connectivity index (χ3v) is 3.00. The first-order valence-electron chi connectivity index (χ1n) is 5.47. The molecule has 0 aliphatic rings. The van der Waals surface area contributed by atoms with Crippen LogP contribution < -0.4 is 10.1 Å². The number of ether oxygens (including phenoxy) is 1. The van der Waals surface area contributed by atoms with E-state index in [0.29, 0.717) is 12.3 Å². The van der Waals surface area contributed by atoms with Crippen LogP contribution in [0.2, 0.25) is 0 Å². The molecule has 0 atom stereocenters. The number of nitrogens with one attached hydrogen (secondary N) is 1. The average Bonchev–Trinajstić information content (AvgIpc) is 2.29. The second kappa shape index (κ2) is 5.92. The van der Waals surface area contributed by atoms with Crippen LogP contribution in [0.1, 0.15) is 19.4 Å². The largest absolute Gasteiger partial charge is 0.497 e. The summed E-state index contributed by atoms with van der Waals surface area (Å²) >= 11 is 5.75. The van der Waals surface area contributed by atoms with Crippen molar-refractivity contribution in [3.05, 3.63) is 29.8 Å². The van der Waals surface area contributed by atoms with Crippen molar-refractivity contribution in [3.63, 3.8) is 0 Å². The Bertz CT molecular complexity index is 374. The third kappa shape index (κ3) is 4.65. The first kappa shape index (κ1) is 13.8. The van der Waals surface area contributed by atoms with Gasteiger partial charge in [-0.3, -0.25) is 4.79 Å². The molecule has 0 saturated carbocycles. The summed E-state index contributed by atoms with van der Waals surface area (Å²) in [6.07, 6.45) is 0.352. The maximum absolute atomic E-state index is 11.7. The minimum absolute atomic E-state index is 0.0270. The van der Waals surface area contributed by atoms with Crippen molar-refractivity contribution >= 4 is 17.5 Å². The topological polar surface area (TPSA) is 38.3 Å². The molecule has 0 heterocycles. The highest BCUT2D eigenvalue weighted by atomic mass is 35.5. The van der Waals surface area contributed by atoms with E-state index < -0.39 is 0 Å². The summed E-state index contributed by atoms with van der Waals surface area (Å²) in [5.74, 6) is 1.15. The smallest absolute Gasteiger partial charge is 0.224 e. The van der Waals surface area contributed by atoms with Gasteiger partial charge in [0, 0.05) is 11.4 Å².